The maximum absolute atomic E-state index is 13.3. The lowest BCUT2D eigenvalue weighted by Crippen LogP contribution is -2.31. The lowest BCUT2D eigenvalue weighted by Gasteiger charge is -2.11. The van der Waals surface area contributed by atoms with Crippen LogP contribution in [0.25, 0.3) is 22.3 Å². The Balaban J connectivity index is 1.55. The van der Waals surface area contributed by atoms with E-state index in [1.165, 1.54) is 12.1 Å². The third-order valence-corrected chi connectivity index (χ3v) is 4.67. The molecule has 0 unspecified atom stereocenters. The smallest absolute Gasteiger partial charge is 0.240 e. The molecule has 3 aromatic heterocycles. The molecule has 0 spiro atoms. The zero-order valence-corrected chi connectivity index (χ0v) is 15.5. The minimum atomic E-state index is -0.295. The van der Waals surface area contributed by atoms with Crippen LogP contribution in [-0.4, -0.2) is 31.8 Å². The van der Waals surface area contributed by atoms with E-state index >= 15 is 0 Å². The van der Waals surface area contributed by atoms with Gasteiger partial charge in [0.1, 0.15) is 18.0 Å². The summed E-state index contributed by atoms with van der Waals surface area (Å²) in [7, 11) is 0. The number of rotatable bonds is 6. The van der Waals surface area contributed by atoms with Gasteiger partial charge in [0.25, 0.3) is 0 Å². The van der Waals surface area contributed by atoms with E-state index in [4.69, 9.17) is 0 Å². The van der Waals surface area contributed by atoms with Crippen LogP contribution in [0.2, 0.25) is 0 Å². The Morgan fingerprint density at radius 3 is 2.71 bits per heavy atom. The summed E-state index contributed by atoms with van der Waals surface area (Å²) < 4.78 is 17.0. The Kier molecular flexibility index (Phi) is 4.89. The van der Waals surface area contributed by atoms with Crippen LogP contribution in [0.5, 0.6) is 0 Å². The molecule has 0 saturated carbocycles. The molecule has 0 saturated heterocycles. The van der Waals surface area contributed by atoms with Crippen molar-refractivity contribution in [2.75, 3.05) is 6.54 Å². The molecule has 0 fully saturated rings. The first-order chi connectivity index (χ1) is 13.6. The van der Waals surface area contributed by atoms with Gasteiger partial charge in [0.2, 0.25) is 5.91 Å². The number of aryl methyl sites for hydroxylation is 1. The molecule has 7 heteroatoms. The number of benzene rings is 1. The van der Waals surface area contributed by atoms with E-state index in [1.54, 1.807) is 24.5 Å². The van der Waals surface area contributed by atoms with Crippen LogP contribution < -0.4 is 5.32 Å². The molecule has 0 atom stereocenters. The van der Waals surface area contributed by atoms with Crippen molar-refractivity contribution in [1.82, 2.24) is 24.6 Å². The largest absolute Gasteiger partial charge is 0.353 e. The molecule has 4 rings (SSSR count). The first-order valence-electron chi connectivity index (χ1n) is 9.07. The molecule has 1 N–H and O–H groups in total. The van der Waals surface area contributed by atoms with Crippen LogP contribution in [0.3, 0.4) is 0 Å². The highest BCUT2D eigenvalue weighted by Crippen LogP contribution is 2.27. The molecule has 0 aliphatic carbocycles. The second-order valence-electron chi connectivity index (χ2n) is 6.58. The van der Waals surface area contributed by atoms with Gasteiger partial charge in [-0.05, 0) is 61.0 Å². The third-order valence-electron chi connectivity index (χ3n) is 4.67. The van der Waals surface area contributed by atoms with Crippen molar-refractivity contribution >= 4 is 16.9 Å². The molecule has 1 aromatic carbocycles. The first-order valence-corrected chi connectivity index (χ1v) is 9.07. The molecule has 0 aliphatic heterocycles. The summed E-state index contributed by atoms with van der Waals surface area (Å²) in [5.41, 5.74) is 3.43. The van der Waals surface area contributed by atoms with Crippen molar-refractivity contribution in [1.29, 1.82) is 0 Å². The van der Waals surface area contributed by atoms with Gasteiger partial charge in [0, 0.05) is 30.0 Å². The molecule has 0 radical (unpaired) electrons. The highest BCUT2D eigenvalue weighted by Gasteiger charge is 2.14. The number of fused-ring (bicyclic) bond motifs is 1. The van der Waals surface area contributed by atoms with Gasteiger partial charge in [-0.15, -0.1) is 0 Å². The van der Waals surface area contributed by atoms with E-state index in [1.807, 2.05) is 40.4 Å². The monoisotopic (exact) mass is 377 g/mol. The fraction of sp³-hybridized carbons (Fsp3) is 0.190. The van der Waals surface area contributed by atoms with E-state index in [9.17, 15) is 9.18 Å². The average molecular weight is 377 g/mol. The second kappa shape index (κ2) is 7.64. The van der Waals surface area contributed by atoms with Gasteiger partial charge in [-0.3, -0.25) is 9.48 Å². The van der Waals surface area contributed by atoms with Crippen LogP contribution in [-0.2, 0) is 17.9 Å². The third kappa shape index (κ3) is 3.64. The van der Waals surface area contributed by atoms with Gasteiger partial charge in [-0.2, -0.15) is 5.10 Å². The van der Waals surface area contributed by atoms with Crippen LogP contribution in [0.4, 0.5) is 4.39 Å². The highest BCUT2D eigenvalue weighted by atomic mass is 19.1. The predicted octanol–water partition coefficient (Wildman–Crippen LogP) is 3.16. The average Bonchev–Trinajstić information content (AvgIpc) is 3.26. The van der Waals surface area contributed by atoms with Gasteiger partial charge in [0.05, 0.1) is 12.2 Å². The molecule has 1 amide bonds. The van der Waals surface area contributed by atoms with Crippen molar-refractivity contribution in [3.05, 3.63) is 72.4 Å². The summed E-state index contributed by atoms with van der Waals surface area (Å²) in [4.78, 5) is 17.0. The topological polar surface area (TPSA) is 64.7 Å². The van der Waals surface area contributed by atoms with Crippen LogP contribution >= 0.6 is 0 Å². The number of carbonyl (C=O) groups is 1. The molecular formula is C21H20FN5O. The van der Waals surface area contributed by atoms with Crippen molar-refractivity contribution in [2.24, 2.45) is 0 Å². The number of hydrogen-bond donors (Lipinski definition) is 1. The molecule has 0 bridgehead atoms. The van der Waals surface area contributed by atoms with E-state index in [0.29, 0.717) is 13.1 Å². The second-order valence-corrected chi connectivity index (χ2v) is 6.58. The molecule has 28 heavy (non-hydrogen) atoms. The van der Waals surface area contributed by atoms with Gasteiger partial charge in [-0.1, -0.05) is 0 Å². The number of pyridine rings is 1. The normalized spacial score (nSPS) is 11.1. The molecule has 0 aliphatic rings. The van der Waals surface area contributed by atoms with Gasteiger partial charge >= 0.3 is 0 Å². The summed E-state index contributed by atoms with van der Waals surface area (Å²) in [6.07, 6.45) is 3.44. The Labute approximate surface area is 161 Å². The quantitative estimate of drug-likeness (QED) is 0.561. The fourth-order valence-electron chi connectivity index (χ4n) is 3.24. The highest BCUT2D eigenvalue weighted by molar-refractivity contribution is 5.87. The van der Waals surface area contributed by atoms with Crippen molar-refractivity contribution < 1.29 is 9.18 Å². The lowest BCUT2D eigenvalue weighted by molar-refractivity contribution is -0.121. The van der Waals surface area contributed by atoms with E-state index in [0.717, 1.165) is 28.0 Å². The van der Waals surface area contributed by atoms with Crippen LogP contribution in [0.15, 0.2) is 60.9 Å². The van der Waals surface area contributed by atoms with Crippen LogP contribution in [0, 0.1) is 12.7 Å². The number of amides is 1. The fourth-order valence-corrected chi connectivity index (χ4v) is 3.24. The number of hydrogen-bond acceptors (Lipinski definition) is 3. The maximum Gasteiger partial charge on any atom is 0.240 e. The lowest BCUT2D eigenvalue weighted by atomic mass is 10.1. The van der Waals surface area contributed by atoms with Crippen molar-refractivity contribution in [3.8, 4) is 11.3 Å². The summed E-state index contributed by atoms with van der Waals surface area (Å²) in [6.45, 7) is 3.20. The summed E-state index contributed by atoms with van der Waals surface area (Å²) in [6, 6.07) is 13.9. The maximum atomic E-state index is 13.3. The van der Waals surface area contributed by atoms with Crippen molar-refractivity contribution in [3.63, 3.8) is 0 Å². The summed E-state index contributed by atoms with van der Waals surface area (Å²) in [5.74, 6) is -0.410. The molecule has 4 aromatic rings. The SMILES string of the molecule is Cc1ccnn1CCNC(=O)Cn1c(-c2ccc(F)cc2)cc2cccnc21. The Bertz CT molecular complexity index is 1110. The molecule has 6 nitrogen and oxygen atoms in total. The molecule has 142 valence electrons. The number of halogens is 1. The molecule has 3 heterocycles. The van der Waals surface area contributed by atoms with E-state index in [2.05, 4.69) is 15.4 Å². The summed E-state index contributed by atoms with van der Waals surface area (Å²) in [5, 5.41) is 8.07. The predicted molar refractivity (Wildman–Crippen MR) is 105 cm³/mol. The van der Waals surface area contributed by atoms with E-state index < -0.39 is 0 Å². The standard InChI is InChI=1S/C21H20FN5O/c1-15-8-10-25-27(15)12-11-23-20(28)14-26-19(16-4-6-18(22)7-5-16)13-17-3-2-9-24-21(17)26/h2-10,13H,11-12,14H2,1H3,(H,23,28). The number of nitrogens with one attached hydrogen (secondary N) is 1. The van der Waals surface area contributed by atoms with Gasteiger partial charge in [0.15, 0.2) is 0 Å². The van der Waals surface area contributed by atoms with E-state index in [-0.39, 0.29) is 18.3 Å². The Morgan fingerprint density at radius 1 is 1.14 bits per heavy atom. The minimum absolute atomic E-state index is 0.115. The molecular weight excluding hydrogens is 357 g/mol. The Morgan fingerprint density at radius 2 is 1.96 bits per heavy atom. The Hall–Kier alpha value is -3.48. The summed E-state index contributed by atoms with van der Waals surface area (Å²) >= 11 is 0. The number of aromatic nitrogens is 4. The van der Waals surface area contributed by atoms with Gasteiger partial charge < -0.3 is 9.88 Å². The minimum Gasteiger partial charge on any atom is -0.353 e. The van der Waals surface area contributed by atoms with Gasteiger partial charge in [-0.25, -0.2) is 9.37 Å². The van der Waals surface area contributed by atoms with Crippen molar-refractivity contribution in [2.45, 2.75) is 20.0 Å². The number of carbonyl (C=O) groups excluding carboxylic acids is 1. The van der Waals surface area contributed by atoms with Crippen LogP contribution in [0.1, 0.15) is 5.69 Å². The zero-order valence-electron chi connectivity index (χ0n) is 15.5. The zero-order chi connectivity index (χ0) is 19.5. The first kappa shape index (κ1) is 17.9. The number of nitrogens with zero attached hydrogens (tertiary/aromatic N) is 4.